The highest BCUT2D eigenvalue weighted by Crippen LogP contribution is 2.36. The normalized spacial score (nSPS) is 22.4. The molecular formula is C18H32O4S. The van der Waals surface area contributed by atoms with Crippen molar-refractivity contribution in [3.8, 4) is 0 Å². The maximum absolute atomic E-state index is 12.1. The fraction of sp³-hybridized carbons (Fsp3) is 0.889. The van der Waals surface area contributed by atoms with E-state index in [9.17, 15) is 14.7 Å². The zero-order chi connectivity index (χ0) is 17.1. The molecule has 4 nitrogen and oxygen atoms in total. The molecule has 2 N–H and O–H groups in total. The molecule has 1 rings (SSSR count). The Labute approximate surface area is 144 Å². The monoisotopic (exact) mass is 344 g/mol. The molecule has 0 aromatic carbocycles. The van der Waals surface area contributed by atoms with Crippen molar-refractivity contribution in [3.05, 3.63) is 0 Å². The third-order valence-corrected chi connectivity index (χ3v) is 6.16. The number of carbonyl (C=O) groups is 2. The molecule has 3 atom stereocenters. The van der Waals surface area contributed by atoms with Crippen LogP contribution in [0.4, 0.5) is 0 Å². The van der Waals surface area contributed by atoms with Gasteiger partial charge in [-0.3, -0.25) is 9.59 Å². The van der Waals surface area contributed by atoms with Crippen LogP contribution >= 0.6 is 11.8 Å². The Bertz CT molecular complexity index is 359. The summed E-state index contributed by atoms with van der Waals surface area (Å²) in [4.78, 5) is 22.5. The van der Waals surface area contributed by atoms with E-state index in [0.717, 1.165) is 63.5 Å². The number of carboxylic acids is 1. The number of hydrogen-bond donors (Lipinski definition) is 2. The fourth-order valence-electron chi connectivity index (χ4n) is 3.18. The van der Waals surface area contributed by atoms with Crippen molar-refractivity contribution in [2.45, 2.75) is 88.9 Å². The van der Waals surface area contributed by atoms with Crippen molar-refractivity contribution in [1.29, 1.82) is 0 Å². The molecular weight excluding hydrogens is 312 g/mol. The number of hydrogen-bond acceptors (Lipinski definition) is 4. The lowest BCUT2D eigenvalue weighted by molar-refractivity contribution is -0.137. The van der Waals surface area contributed by atoms with Gasteiger partial charge in [-0.25, -0.2) is 0 Å². The van der Waals surface area contributed by atoms with Gasteiger partial charge in [0.1, 0.15) is 5.78 Å². The third kappa shape index (κ3) is 8.75. The largest absolute Gasteiger partial charge is 0.481 e. The summed E-state index contributed by atoms with van der Waals surface area (Å²) >= 11 is 1.78. The van der Waals surface area contributed by atoms with Gasteiger partial charge in [0, 0.05) is 29.8 Å². The molecule has 0 bridgehead atoms. The molecule has 23 heavy (non-hydrogen) atoms. The summed E-state index contributed by atoms with van der Waals surface area (Å²) in [6, 6.07) is 0. The number of aliphatic hydroxyl groups is 1. The molecule has 0 radical (unpaired) electrons. The molecule has 1 aliphatic carbocycles. The van der Waals surface area contributed by atoms with Gasteiger partial charge >= 0.3 is 5.97 Å². The molecule has 5 heteroatoms. The average molecular weight is 345 g/mol. The SMILES string of the molecule is CCCCC(O)CSC1CCC(=O)C1CCCCCCC(=O)O. The molecule has 0 saturated heterocycles. The van der Waals surface area contributed by atoms with Crippen LogP contribution in [-0.4, -0.2) is 39.1 Å². The van der Waals surface area contributed by atoms with Crippen LogP contribution in [0.5, 0.6) is 0 Å². The Morgan fingerprint density at radius 3 is 2.70 bits per heavy atom. The summed E-state index contributed by atoms with van der Waals surface area (Å²) in [5.74, 6) is 0.551. The fourth-order valence-corrected chi connectivity index (χ4v) is 4.62. The summed E-state index contributed by atoms with van der Waals surface area (Å²) < 4.78 is 0. The molecule has 134 valence electrons. The summed E-state index contributed by atoms with van der Waals surface area (Å²) in [6.45, 7) is 2.13. The van der Waals surface area contributed by atoms with Crippen LogP contribution in [-0.2, 0) is 9.59 Å². The molecule has 0 aromatic rings. The van der Waals surface area contributed by atoms with Crippen LogP contribution in [0.1, 0.15) is 77.6 Å². The highest BCUT2D eigenvalue weighted by atomic mass is 32.2. The molecule has 0 amide bonds. The summed E-state index contributed by atoms with van der Waals surface area (Å²) in [5, 5.41) is 18.9. The number of aliphatic carboxylic acids is 1. The van der Waals surface area contributed by atoms with Crippen molar-refractivity contribution in [3.63, 3.8) is 0 Å². The predicted octanol–water partition coefficient (Wildman–Crippen LogP) is 4.04. The van der Waals surface area contributed by atoms with Crippen LogP contribution in [0.15, 0.2) is 0 Å². The Balaban J connectivity index is 2.20. The second-order valence-electron chi connectivity index (χ2n) is 6.63. The number of thioether (sulfide) groups is 1. The van der Waals surface area contributed by atoms with Crippen molar-refractivity contribution in [2.24, 2.45) is 5.92 Å². The first-order valence-corrected chi connectivity index (χ1v) is 10.1. The first-order chi connectivity index (χ1) is 11.0. The van der Waals surface area contributed by atoms with Gasteiger partial charge in [0.05, 0.1) is 6.10 Å². The van der Waals surface area contributed by atoms with Crippen molar-refractivity contribution in [1.82, 2.24) is 0 Å². The Hall–Kier alpha value is -0.550. The van der Waals surface area contributed by atoms with Gasteiger partial charge in [-0.15, -0.1) is 0 Å². The maximum atomic E-state index is 12.1. The standard InChI is InChI=1S/C18H32O4S/c1-2-3-8-14(19)13-23-17-12-11-16(20)15(17)9-6-4-5-7-10-18(21)22/h14-15,17,19H,2-13H2,1H3,(H,21,22). The smallest absolute Gasteiger partial charge is 0.303 e. The summed E-state index contributed by atoms with van der Waals surface area (Å²) in [6.07, 6.45) is 9.27. The number of unbranched alkanes of at least 4 members (excludes halogenated alkanes) is 4. The van der Waals surface area contributed by atoms with Gasteiger partial charge in [0.15, 0.2) is 0 Å². The quantitative estimate of drug-likeness (QED) is 0.493. The number of aliphatic hydroxyl groups excluding tert-OH is 1. The van der Waals surface area contributed by atoms with E-state index in [2.05, 4.69) is 6.92 Å². The molecule has 0 aliphatic heterocycles. The van der Waals surface area contributed by atoms with E-state index in [4.69, 9.17) is 5.11 Å². The second kappa shape index (κ2) is 11.9. The van der Waals surface area contributed by atoms with Crippen LogP contribution in [0.2, 0.25) is 0 Å². The molecule has 3 unspecified atom stereocenters. The highest BCUT2D eigenvalue weighted by Gasteiger charge is 2.34. The molecule has 1 fully saturated rings. The van der Waals surface area contributed by atoms with Gasteiger partial charge in [0.2, 0.25) is 0 Å². The Kier molecular flexibility index (Phi) is 10.6. The van der Waals surface area contributed by atoms with E-state index in [0.29, 0.717) is 17.5 Å². The van der Waals surface area contributed by atoms with Gasteiger partial charge < -0.3 is 10.2 Å². The zero-order valence-corrected chi connectivity index (χ0v) is 15.2. The maximum Gasteiger partial charge on any atom is 0.303 e. The minimum Gasteiger partial charge on any atom is -0.481 e. The molecule has 1 aliphatic rings. The first-order valence-electron chi connectivity index (χ1n) is 9.08. The van der Waals surface area contributed by atoms with Crippen LogP contribution in [0.3, 0.4) is 0 Å². The summed E-state index contributed by atoms with van der Waals surface area (Å²) in [5.41, 5.74) is 0. The van der Waals surface area contributed by atoms with E-state index in [1.165, 1.54) is 0 Å². The summed E-state index contributed by atoms with van der Waals surface area (Å²) in [7, 11) is 0. The number of carbonyl (C=O) groups excluding carboxylic acids is 1. The van der Waals surface area contributed by atoms with Gasteiger partial charge in [-0.1, -0.05) is 39.0 Å². The minimum atomic E-state index is -0.728. The van der Waals surface area contributed by atoms with Gasteiger partial charge in [0.25, 0.3) is 0 Å². The van der Waals surface area contributed by atoms with Crippen molar-refractivity contribution < 1.29 is 19.8 Å². The number of rotatable bonds is 13. The van der Waals surface area contributed by atoms with E-state index < -0.39 is 5.97 Å². The van der Waals surface area contributed by atoms with Gasteiger partial charge in [-0.2, -0.15) is 11.8 Å². The lowest BCUT2D eigenvalue weighted by Crippen LogP contribution is -2.20. The van der Waals surface area contributed by atoms with Crippen LogP contribution in [0, 0.1) is 5.92 Å². The number of carboxylic acid groups (broad SMARTS) is 1. The first kappa shape index (κ1) is 20.5. The lowest BCUT2D eigenvalue weighted by atomic mass is 9.98. The molecule has 0 heterocycles. The van der Waals surface area contributed by atoms with Crippen LogP contribution < -0.4 is 0 Å². The molecule has 0 aromatic heterocycles. The Morgan fingerprint density at radius 1 is 1.26 bits per heavy atom. The molecule has 0 spiro atoms. The van der Waals surface area contributed by atoms with Gasteiger partial charge in [-0.05, 0) is 25.7 Å². The minimum absolute atomic E-state index is 0.151. The van der Waals surface area contributed by atoms with E-state index in [-0.39, 0.29) is 18.4 Å². The third-order valence-electron chi connectivity index (χ3n) is 4.59. The van der Waals surface area contributed by atoms with Crippen LogP contribution in [0.25, 0.3) is 0 Å². The lowest BCUT2D eigenvalue weighted by Gasteiger charge is -2.19. The topological polar surface area (TPSA) is 74.6 Å². The van der Waals surface area contributed by atoms with E-state index in [1.54, 1.807) is 11.8 Å². The predicted molar refractivity (Wildman–Crippen MR) is 94.8 cm³/mol. The number of Topliss-reactive ketones (excluding diaryl/α,β-unsaturated/α-hetero) is 1. The average Bonchev–Trinajstić information content (AvgIpc) is 2.86. The zero-order valence-electron chi connectivity index (χ0n) is 14.3. The van der Waals surface area contributed by atoms with E-state index in [1.807, 2.05) is 0 Å². The second-order valence-corrected chi connectivity index (χ2v) is 7.90. The van der Waals surface area contributed by atoms with Crippen molar-refractivity contribution in [2.75, 3.05) is 5.75 Å². The Morgan fingerprint density at radius 2 is 2.00 bits per heavy atom. The van der Waals surface area contributed by atoms with E-state index >= 15 is 0 Å². The molecule has 1 saturated carbocycles. The number of ketones is 1. The van der Waals surface area contributed by atoms with Crippen molar-refractivity contribution >= 4 is 23.5 Å². The highest BCUT2D eigenvalue weighted by molar-refractivity contribution is 8.00.